The van der Waals surface area contributed by atoms with Crippen molar-refractivity contribution in [1.82, 2.24) is 14.4 Å². The molecule has 0 aromatic carbocycles. The number of nitrogens with zero attached hydrogens (tertiary/aromatic N) is 3. The van der Waals surface area contributed by atoms with Gasteiger partial charge in [-0.05, 0) is 19.3 Å². The summed E-state index contributed by atoms with van der Waals surface area (Å²) in [6, 6.07) is -0.532. The third kappa shape index (κ3) is 2.87. The van der Waals surface area contributed by atoms with E-state index in [1.807, 2.05) is 0 Å². The first kappa shape index (κ1) is 14.0. The molecule has 2 heterocycles. The Morgan fingerprint density at radius 3 is 2.80 bits per heavy atom. The van der Waals surface area contributed by atoms with Crippen LogP contribution in [0.3, 0.4) is 0 Å². The lowest BCUT2D eigenvalue weighted by Crippen LogP contribution is -2.34. The lowest BCUT2D eigenvalue weighted by atomic mass is 10.2. The van der Waals surface area contributed by atoms with Crippen molar-refractivity contribution in [2.45, 2.75) is 44.8 Å². The molecule has 1 saturated heterocycles. The number of hydrogen-bond acceptors (Lipinski definition) is 6. The molecule has 2 aliphatic rings. The topological polar surface area (TPSA) is 96.5 Å². The number of aryl methyl sites for hydroxylation is 1. The number of rotatable bonds is 5. The maximum Gasteiger partial charge on any atom is 0.245 e. The van der Waals surface area contributed by atoms with Gasteiger partial charge in [-0.25, -0.2) is 8.42 Å². The largest absolute Gasteiger partial charge is 0.392 e. The van der Waals surface area contributed by atoms with Gasteiger partial charge in [0.25, 0.3) is 0 Å². The summed E-state index contributed by atoms with van der Waals surface area (Å²) in [6.45, 7) is 1.80. The minimum atomic E-state index is -3.39. The predicted molar refractivity (Wildman–Crippen MR) is 70.2 cm³/mol. The van der Waals surface area contributed by atoms with Crippen molar-refractivity contribution in [2.24, 2.45) is 5.92 Å². The molecule has 0 spiro atoms. The smallest absolute Gasteiger partial charge is 0.245 e. The van der Waals surface area contributed by atoms with Gasteiger partial charge in [-0.2, -0.15) is 9.29 Å². The van der Waals surface area contributed by atoms with Crippen LogP contribution in [-0.2, 0) is 10.0 Å². The van der Waals surface area contributed by atoms with Gasteiger partial charge in [-0.15, -0.1) is 0 Å². The van der Waals surface area contributed by atoms with Crippen LogP contribution in [0.25, 0.3) is 0 Å². The van der Waals surface area contributed by atoms with Crippen LogP contribution >= 0.6 is 0 Å². The molecular formula is C12H19N3O4S. The maximum atomic E-state index is 12.4. The van der Waals surface area contributed by atoms with Crippen molar-refractivity contribution >= 4 is 10.0 Å². The molecule has 3 rings (SSSR count). The maximum absolute atomic E-state index is 12.4. The van der Waals surface area contributed by atoms with E-state index in [2.05, 4.69) is 10.1 Å². The Morgan fingerprint density at radius 2 is 2.20 bits per heavy atom. The van der Waals surface area contributed by atoms with Gasteiger partial charge in [0.1, 0.15) is 6.04 Å². The summed E-state index contributed by atoms with van der Waals surface area (Å²) in [4.78, 5) is 4.10. The van der Waals surface area contributed by atoms with E-state index in [-0.39, 0.29) is 18.2 Å². The Bertz CT molecular complexity index is 581. The van der Waals surface area contributed by atoms with Gasteiger partial charge >= 0.3 is 0 Å². The van der Waals surface area contributed by atoms with E-state index in [9.17, 15) is 13.5 Å². The quantitative estimate of drug-likeness (QED) is 0.856. The fraction of sp³-hybridized carbons (Fsp3) is 0.833. The first-order chi connectivity index (χ1) is 9.45. The molecule has 112 valence electrons. The van der Waals surface area contributed by atoms with Gasteiger partial charge in [0, 0.05) is 13.0 Å². The van der Waals surface area contributed by atoms with Gasteiger partial charge in [0.15, 0.2) is 5.82 Å². The van der Waals surface area contributed by atoms with Gasteiger partial charge in [-0.1, -0.05) is 18.0 Å². The molecule has 8 heteroatoms. The van der Waals surface area contributed by atoms with E-state index in [1.54, 1.807) is 6.92 Å². The van der Waals surface area contributed by atoms with Crippen molar-refractivity contribution in [3.05, 3.63) is 11.7 Å². The Morgan fingerprint density at radius 1 is 1.45 bits per heavy atom. The standard InChI is InChI=1S/C12H19N3O4S/c1-8-13-12(19-14-8)11-6-10(16)7-15(11)20(17,18)5-4-9-2-3-9/h9-11,16H,2-7H2,1H3/t10-,11+/m0/s1. The van der Waals surface area contributed by atoms with Crippen LogP contribution < -0.4 is 0 Å². The van der Waals surface area contributed by atoms with E-state index in [1.165, 1.54) is 4.31 Å². The number of aliphatic hydroxyl groups excluding tert-OH is 1. The molecule has 1 aromatic heterocycles. The third-order valence-electron chi connectivity index (χ3n) is 3.90. The average molecular weight is 301 g/mol. The van der Waals surface area contributed by atoms with Crippen LogP contribution in [0.15, 0.2) is 4.52 Å². The molecule has 2 atom stereocenters. The fourth-order valence-corrected chi connectivity index (χ4v) is 4.43. The van der Waals surface area contributed by atoms with E-state index in [0.717, 1.165) is 12.8 Å². The first-order valence-corrected chi connectivity index (χ1v) is 8.54. The minimum absolute atomic E-state index is 0.110. The minimum Gasteiger partial charge on any atom is -0.392 e. The number of aliphatic hydroxyl groups is 1. The van der Waals surface area contributed by atoms with Gasteiger partial charge in [-0.3, -0.25) is 0 Å². The highest BCUT2D eigenvalue weighted by Crippen LogP contribution is 2.36. The second-order valence-electron chi connectivity index (χ2n) is 5.70. The summed E-state index contributed by atoms with van der Waals surface area (Å²) in [5.41, 5.74) is 0. The zero-order valence-corrected chi connectivity index (χ0v) is 12.2. The summed E-state index contributed by atoms with van der Waals surface area (Å²) in [5.74, 6) is 1.43. The first-order valence-electron chi connectivity index (χ1n) is 6.93. The van der Waals surface area contributed by atoms with Gasteiger partial charge in [0.2, 0.25) is 15.9 Å². The molecule has 7 nitrogen and oxygen atoms in total. The summed E-state index contributed by atoms with van der Waals surface area (Å²) >= 11 is 0. The fourth-order valence-electron chi connectivity index (χ4n) is 2.60. The highest BCUT2D eigenvalue weighted by atomic mass is 32.2. The van der Waals surface area contributed by atoms with E-state index < -0.39 is 22.2 Å². The van der Waals surface area contributed by atoms with Crippen molar-refractivity contribution in [3.63, 3.8) is 0 Å². The van der Waals surface area contributed by atoms with Crippen molar-refractivity contribution in [2.75, 3.05) is 12.3 Å². The average Bonchev–Trinajstić information content (AvgIpc) is 2.99. The highest BCUT2D eigenvalue weighted by Gasteiger charge is 2.42. The Hall–Kier alpha value is -0.990. The van der Waals surface area contributed by atoms with Crippen LogP contribution in [0.5, 0.6) is 0 Å². The molecule has 1 aliphatic carbocycles. The van der Waals surface area contributed by atoms with Crippen molar-refractivity contribution in [1.29, 1.82) is 0 Å². The Balaban J connectivity index is 1.78. The molecule has 1 saturated carbocycles. The zero-order valence-electron chi connectivity index (χ0n) is 11.4. The predicted octanol–water partition coefficient (Wildman–Crippen LogP) is 0.616. The van der Waals surface area contributed by atoms with E-state index in [0.29, 0.717) is 24.6 Å². The molecule has 20 heavy (non-hydrogen) atoms. The molecule has 1 aromatic rings. The van der Waals surface area contributed by atoms with Crippen molar-refractivity contribution < 1.29 is 18.0 Å². The Kier molecular flexibility index (Phi) is 3.55. The molecular weight excluding hydrogens is 282 g/mol. The second-order valence-corrected chi connectivity index (χ2v) is 7.74. The molecule has 0 amide bonds. The monoisotopic (exact) mass is 301 g/mol. The molecule has 0 unspecified atom stereocenters. The summed E-state index contributed by atoms with van der Waals surface area (Å²) in [6.07, 6.45) is 2.59. The summed E-state index contributed by atoms with van der Waals surface area (Å²) in [7, 11) is -3.39. The number of hydrogen-bond donors (Lipinski definition) is 1. The molecule has 0 bridgehead atoms. The molecule has 1 aliphatic heterocycles. The van der Waals surface area contributed by atoms with Crippen LogP contribution in [-0.4, -0.2) is 46.4 Å². The number of β-amino-alcohol motifs (C(OH)–C–C–N with tert-alkyl or cyclic N) is 1. The lowest BCUT2D eigenvalue weighted by Gasteiger charge is -2.20. The Labute approximate surface area is 118 Å². The van der Waals surface area contributed by atoms with Crippen LogP contribution in [0.2, 0.25) is 0 Å². The highest BCUT2D eigenvalue weighted by molar-refractivity contribution is 7.89. The molecule has 1 N–H and O–H groups in total. The SMILES string of the molecule is Cc1noc([C@H]2C[C@H](O)CN2S(=O)(=O)CCC2CC2)n1. The zero-order chi connectivity index (χ0) is 14.3. The molecule has 0 radical (unpaired) electrons. The number of sulfonamides is 1. The van der Waals surface area contributed by atoms with Crippen LogP contribution in [0, 0.1) is 12.8 Å². The molecule has 2 fully saturated rings. The van der Waals surface area contributed by atoms with E-state index in [4.69, 9.17) is 4.52 Å². The van der Waals surface area contributed by atoms with Gasteiger partial charge < -0.3 is 9.63 Å². The lowest BCUT2D eigenvalue weighted by molar-refractivity contribution is 0.188. The van der Waals surface area contributed by atoms with Gasteiger partial charge in [0.05, 0.1) is 11.9 Å². The summed E-state index contributed by atoms with van der Waals surface area (Å²) in [5, 5.41) is 13.5. The second kappa shape index (κ2) is 5.09. The normalized spacial score (nSPS) is 28.1. The van der Waals surface area contributed by atoms with E-state index >= 15 is 0 Å². The van der Waals surface area contributed by atoms with Crippen LogP contribution in [0.1, 0.15) is 43.4 Å². The van der Waals surface area contributed by atoms with Crippen LogP contribution in [0.4, 0.5) is 0 Å². The third-order valence-corrected chi connectivity index (χ3v) is 5.77. The number of aromatic nitrogens is 2. The van der Waals surface area contributed by atoms with Crippen molar-refractivity contribution in [3.8, 4) is 0 Å². The summed E-state index contributed by atoms with van der Waals surface area (Å²) < 4.78 is 31.3.